The van der Waals surface area contributed by atoms with Crippen molar-refractivity contribution in [3.05, 3.63) is 107 Å². The van der Waals surface area contributed by atoms with E-state index in [0.29, 0.717) is 31.4 Å². The van der Waals surface area contributed by atoms with Crippen LogP contribution in [0.2, 0.25) is 0 Å². The van der Waals surface area contributed by atoms with Gasteiger partial charge in [-0.25, -0.2) is 4.90 Å². The second kappa shape index (κ2) is 11.4. The quantitative estimate of drug-likeness (QED) is 0.153. The smallest absolute Gasteiger partial charge is 0.305 e. The van der Waals surface area contributed by atoms with E-state index < -0.39 is 33.8 Å². The van der Waals surface area contributed by atoms with Crippen molar-refractivity contribution in [1.82, 2.24) is 4.98 Å². The van der Waals surface area contributed by atoms with E-state index >= 15 is 0 Å². The van der Waals surface area contributed by atoms with Crippen LogP contribution in [0.1, 0.15) is 21.9 Å². The fourth-order valence-electron chi connectivity index (χ4n) is 5.29. The highest BCUT2D eigenvalue weighted by Crippen LogP contribution is 2.54. The Morgan fingerprint density at radius 1 is 1.09 bits per heavy atom. The lowest BCUT2D eigenvalue weighted by molar-refractivity contribution is -0.384. The Kier molecular flexibility index (Phi) is 7.66. The molecular formula is C29H21BrN4O7S2. The molecule has 3 unspecified atom stereocenters. The Morgan fingerprint density at radius 3 is 2.58 bits per heavy atom. The Hall–Kier alpha value is -4.27. The van der Waals surface area contributed by atoms with E-state index in [0.717, 1.165) is 33.6 Å². The number of nitrogens with zero attached hydrogens (tertiary/aromatic N) is 2. The van der Waals surface area contributed by atoms with Crippen molar-refractivity contribution in [2.24, 2.45) is 5.92 Å². The summed E-state index contributed by atoms with van der Waals surface area (Å²) < 4.78 is 6.66. The SMILES string of the molecule is Cc1cccc(NC(=O)COc2ccc(Br)cc2C2c3sc(=O)[nH]c3SC3C(=O)N(c4ccc([N+](=O)[O-])cc4)C(=O)C32)c1. The number of amides is 3. The first-order chi connectivity index (χ1) is 20.6. The number of benzene rings is 3. The summed E-state index contributed by atoms with van der Waals surface area (Å²) in [4.78, 5) is 67.6. The van der Waals surface area contributed by atoms with Crippen molar-refractivity contribution >= 4 is 73.8 Å². The van der Waals surface area contributed by atoms with Gasteiger partial charge in [0.2, 0.25) is 11.8 Å². The number of hydrogen-bond acceptors (Lipinski definition) is 9. The molecule has 218 valence electrons. The third-order valence-electron chi connectivity index (χ3n) is 7.11. The third-order valence-corrected chi connectivity index (χ3v) is 10.0. The summed E-state index contributed by atoms with van der Waals surface area (Å²) in [7, 11) is 0. The minimum absolute atomic E-state index is 0.172. The average molecular weight is 682 g/mol. The van der Waals surface area contributed by atoms with Gasteiger partial charge in [0, 0.05) is 38.7 Å². The summed E-state index contributed by atoms with van der Waals surface area (Å²) in [6.07, 6.45) is 0. The molecule has 3 aromatic carbocycles. The van der Waals surface area contributed by atoms with Crippen LogP contribution in [0.4, 0.5) is 17.1 Å². The largest absolute Gasteiger partial charge is 0.483 e. The highest BCUT2D eigenvalue weighted by atomic mass is 79.9. The molecule has 14 heteroatoms. The molecule has 1 fully saturated rings. The lowest BCUT2D eigenvalue weighted by Gasteiger charge is -2.31. The summed E-state index contributed by atoms with van der Waals surface area (Å²) in [6.45, 7) is 1.59. The molecule has 11 nitrogen and oxygen atoms in total. The standard InChI is InChI=1S/C29H21BrN4O7S2/c1-14-3-2-4-16(11-14)31-21(35)13-41-20-10-5-15(30)12-19(20)22-23-25(42-26-24(22)43-29(38)32-26)28(37)33(27(23)36)17-6-8-18(9-7-17)34(39)40/h2-12,22-23,25H,13H2,1H3,(H,31,35)(H,32,38). The number of fused-ring (bicyclic) bond motifs is 2. The van der Waals surface area contributed by atoms with Crippen LogP contribution in [0, 0.1) is 23.0 Å². The van der Waals surface area contributed by atoms with Crippen molar-refractivity contribution in [3.8, 4) is 5.75 Å². The van der Waals surface area contributed by atoms with Crippen molar-refractivity contribution in [1.29, 1.82) is 0 Å². The molecule has 0 saturated carbocycles. The zero-order chi connectivity index (χ0) is 30.4. The predicted molar refractivity (Wildman–Crippen MR) is 165 cm³/mol. The highest BCUT2D eigenvalue weighted by Gasteiger charge is 2.57. The van der Waals surface area contributed by atoms with Crippen LogP contribution in [0.15, 0.2) is 81.0 Å². The van der Waals surface area contributed by atoms with E-state index in [1.165, 1.54) is 24.3 Å². The number of carbonyl (C=O) groups excluding carboxylic acids is 3. The number of anilines is 2. The number of non-ortho nitro benzene ring substituents is 1. The number of imide groups is 1. The second-order valence-electron chi connectivity index (χ2n) is 9.92. The molecule has 0 spiro atoms. The molecular weight excluding hydrogens is 660 g/mol. The van der Waals surface area contributed by atoms with Crippen molar-refractivity contribution in [2.75, 3.05) is 16.8 Å². The van der Waals surface area contributed by atoms with Gasteiger partial charge in [0.05, 0.1) is 21.6 Å². The number of ether oxygens (including phenoxy) is 1. The summed E-state index contributed by atoms with van der Waals surface area (Å²) in [5, 5.41) is 13.5. The maximum atomic E-state index is 14.0. The van der Waals surface area contributed by atoms with E-state index in [2.05, 4.69) is 26.2 Å². The van der Waals surface area contributed by atoms with Crippen LogP contribution in [-0.4, -0.2) is 39.5 Å². The number of hydrogen-bond donors (Lipinski definition) is 2. The maximum Gasteiger partial charge on any atom is 0.305 e. The number of thioether (sulfide) groups is 1. The molecule has 2 N–H and O–H groups in total. The van der Waals surface area contributed by atoms with Gasteiger partial charge in [-0.1, -0.05) is 51.2 Å². The van der Waals surface area contributed by atoms with Crippen LogP contribution in [0.3, 0.4) is 0 Å². The Labute approximate surface area is 260 Å². The lowest BCUT2D eigenvalue weighted by atomic mass is 9.82. The molecule has 3 heterocycles. The molecule has 4 aromatic rings. The van der Waals surface area contributed by atoms with Crippen LogP contribution < -0.4 is 19.8 Å². The van der Waals surface area contributed by atoms with Gasteiger partial charge in [-0.05, 0) is 55.0 Å². The van der Waals surface area contributed by atoms with Gasteiger partial charge < -0.3 is 15.0 Å². The number of carbonyl (C=O) groups is 3. The fraction of sp³-hybridized carbons (Fsp3) is 0.172. The first-order valence-corrected chi connectivity index (χ1v) is 15.4. The Morgan fingerprint density at radius 2 is 1.86 bits per heavy atom. The van der Waals surface area contributed by atoms with Crippen molar-refractivity contribution in [2.45, 2.75) is 23.1 Å². The van der Waals surface area contributed by atoms with Crippen LogP contribution >= 0.6 is 39.0 Å². The van der Waals surface area contributed by atoms with Gasteiger partial charge in [0.15, 0.2) is 6.61 Å². The number of aryl methyl sites for hydroxylation is 1. The summed E-state index contributed by atoms with van der Waals surface area (Å²) in [5.41, 5.74) is 2.17. The van der Waals surface area contributed by atoms with Gasteiger partial charge in [-0.3, -0.25) is 29.3 Å². The first kappa shape index (κ1) is 28.8. The number of aromatic amines is 1. The number of nitrogens with one attached hydrogen (secondary N) is 2. The number of aromatic nitrogens is 1. The van der Waals surface area contributed by atoms with Gasteiger partial charge in [0.1, 0.15) is 11.0 Å². The molecule has 1 saturated heterocycles. The molecule has 3 amide bonds. The van der Waals surface area contributed by atoms with Gasteiger partial charge in [-0.15, -0.1) is 0 Å². The Balaban J connectivity index is 1.36. The Bertz CT molecular complexity index is 1860. The van der Waals surface area contributed by atoms with Gasteiger partial charge in [0.25, 0.3) is 11.6 Å². The number of halogens is 1. The molecule has 43 heavy (non-hydrogen) atoms. The van der Waals surface area contributed by atoms with E-state index in [1.807, 2.05) is 25.1 Å². The summed E-state index contributed by atoms with van der Waals surface area (Å²) in [5.74, 6) is -2.73. The van der Waals surface area contributed by atoms with Crippen LogP contribution in [0.25, 0.3) is 0 Å². The van der Waals surface area contributed by atoms with E-state index in [1.54, 1.807) is 24.3 Å². The van der Waals surface area contributed by atoms with Crippen LogP contribution in [-0.2, 0) is 14.4 Å². The van der Waals surface area contributed by atoms with E-state index in [-0.39, 0.29) is 28.8 Å². The van der Waals surface area contributed by atoms with Crippen molar-refractivity contribution in [3.63, 3.8) is 0 Å². The topological polar surface area (TPSA) is 152 Å². The molecule has 1 aromatic heterocycles. The average Bonchev–Trinajstić information content (AvgIpc) is 3.46. The molecule has 2 aliphatic rings. The molecule has 0 aliphatic carbocycles. The molecule has 2 aliphatic heterocycles. The zero-order valence-electron chi connectivity index (χ0n) is 22.2. The minimum Gasteiger partial charge on any atom is -0.483 e. The lowest BCUT2D eigenvalue weighted by Crippen LogP contribution is -2.32. The molecule has 3 atom stereocenters. The highest BCUT2D eigenvalue weighted by molar-refractivity contribution is 9.10. The minimum atomic E-state index is -0.913. The zero-order valence-corrected chi connectivity index (χ0v) is 25.5. The monoisotopic (exact) mass is 680 g/mol. The number of thiazole rings is 1. The maximum absolute atomic E-state index is 14.0. The third kappa shape index (κ3) is 5.48. The van der Waals surface area contributed by atoms with Crippen molar-refractivity contribution < 1.29 is 24.0 Å². The first-order valence-electron chi connectivity index (χ1n) is 12.9. The predicted octanol–water partition coefficient (Wildman–Crippen LogP) is 5.23. The second-order valence-corrected chi connectivity index (χ2v) is 13.0. The number of H-pyrrole nitrogens is 1. The molecule has 0 radical (unpaired) electrons. The number of nitro benzene ring substituents is 1. The van der Waals surface area contributed by atoms with Crippen LogP contribution in [0.5, 0.6) is 5.75 Å². The number of rotatable bonds is 7. The molecule has 0 bridgehead atoms. The van der Waals surface area contributed by atoms with E-state index in [9.17, 15) is 29.3 Å². The van der Waals surface area contributed by atoms with Gasteiger partial charge in [-0.2, -0.15) is 0 Å². The summed E-state index contributed by atoms with van der Waals surface area (Å²) in [6, 6.07) is 17.7. The fourth-order valence-corrected chi connectivity index (χ4v) is 8.17. The normalized spacial score (nSPS) is 19.1. The number of nitro groups is 1. The van der Waals surface area contributed by atoms with Gasteiger partial charge >= 0.3 is 4.87 Å². The van der Waals surface area contributed by atoms with E-state index in [4.69, 9.17) is 4.74 Å². The summed E-state index contributed by atoms with van der Waals surface area (Å²) >= 11 is 5.55. The molecule has 6 rings (SSSR count).